The molecule has 31 heavy (non-hydrogen) atoms. The maximum absolute atomic E-state index is 12.5. The summed E-state index contributed by atoms with van der Waals surface area (Å²) >= 11 is 5.83. The van der Waals surface area contributed by atoms with E-state index in [1.54, 1.807) is 42.5 Å². The van der Waals surface area contributed by atoms with E-state index in [9.17, 15) is 20.0 Å². The summed E-state index contributed by atoms with van der Waals surface area (Å²) in [6.07, 6.45) is -0.910. The molecule has 0 aliphatic heterocycles. The number of aliphatic hydroxyl groups excluding tert-OH is 1. The molecule has 0 aliphatic carbocycles. The van der Waals surface area contributed by atoms with Crippen molar-refractivity contribution in [1.29, 1.82) is 5.26 Å². The number of rotatable bonds is 7. The molecule has 0 radical (unpaired) electrons. The number of nitrogens with zero attached hydrogens (tertiary/aromatic N) is 2. The zero-order valence-corrected chi connectivity index (χ0v) is 16.8. The molecule has 0 heterocycles. The summed E-state index contributed by atoms with van der Waals surface area (Å²) in [6, 6.07) is 18.9. The fourth-order valence-corrected chi connectivity index (χ4v) is 2.98. The van der Waals surface area contributed by atoms with Gasteiger partial charge in [0.15, 0.2) is 0 Å². The predicted molar refractivity (Wildman–Crippen MR) is 117 cm³/mol. The monoisotopic (exact) mass is 436 g/mol. The lowest BCUT2D eigenvalue weighted by Crippen LogP contribution is -2.15. The van der Waals surface area contributed by atoms with E-state index in [4.69, 9.17) is 16.9 Å². The SMILES string of the molecule is N#Cc1cccc(NC(=O)c2ccc(NC[C@H](O)c3ccc(Cl)cc3)c([N+](=O)[O-])c2)c1. The molecule has 3 rings (SSSR count). The van der Waals surface area contributed by atoms with Crippen LogP contribution < -0.4 is 10.6 Å². The van der Waals surface area contributed by atoms with Crippen LogP contribution in [-0.2, 0) is 0 Å². The molecule has 0 aromatic heterocycles. The first kappa shape index (κ1) is 21.8. The van der Waals surface area contributed by atoms with Gasteiger partial charge in [0.2, 0.25) is 0 Å². The lowest BCUT2D eigenvalue weighted by atomic mass is 10.1. The van der Waals surface area contributed by atoms with E-state index >= 15 is 0 Å². The summed E-state index contributed by atoms with van der Waals surface area (Å²) in [4.78, 5) is 23.4. The highest BCUT2D eigenvalue weighted by atomic mass is 35.5. The molecule has 3 aromatic rings. The number of carbonyl (C=O) groups is 1. The molecule has 0 saturated carbocycles. The van der Waals surface area contributed by atoms with Crippen LogP contribution in [-0.4, -0.2) is 22.5 Å². The lowest BCUT2D eigenvalue weighted by molar-refractivity contribution is -0.384. The van der Waals surface area contributed by atoms with Crippen LogP contribution in [0.1, 0.15) is 27.6 Å². The molecule has 3 N–H and O–H groups in total. The molecule has 156 valence electrons. The topological polar surface area (TPSA) is 128 Å². The summed E-state index contributed by atoms with van der Waals surface area (Å²) < 4.78 is 0. The summed E-state index contributed by atoms with van der Waals surface area (Å²) in [6.45, 7) is 0.0228. The van der Waals surface area contributed by atoms with Crippen LogP contribution in [0.2, 0.25) is 5.02 Å². The Hall–Kier alpha value is -3.93. The number of nitro benzene ring substituents is 1. The molecule has 0 saturated heterocycles. The zero-order chi connectivity index (χ0) is 22.4. The minimum absolute atomic E-state index is 0.0228. The van der Waals surface area contributed by atoms with Crippen LogP contribution in [0.4, 0.5) is 17.1 Å². The summed E-state index contributed by atoms with van der Waals surface area (Å²) in [5.74, 6) is -0.550. The Kier molecular flexibility index (Phi) is 6.82. The van der Waals surface area contributed by atoms with Crippen molar-refractivity contribution in [2.24, 2.45) is 0 Å². The van der Waals surface area contributed by atoms with Crippen molar-refractivity contribution in [1.82, 2.24) is 0 Å². The lowest BCUT2D eigenvalue weighted by Gasteiger charge is -2.14. The largest absolute Gasteiger partial charge is 0.387 e. The van der Waals surface area contributed by atoms with Crippen molar-refractivity contribution >= 4 is 34.6 Å². The van der Waals surface area contributed by atoms with Gasteiger partial charge in [0, 0.05) is 28.9 Å². The molecule has 3 aromatic carbocycles. The third-order valence-corrected chi connectivity index (χ3v) is 4.70. The van der Waals surface area contributed by atoms with Gasteiger partial charge < -0.3 is 15.7 Å². The number of nitro groups is 1. The first-order chi connectivity index (χ1) is 14.9. The van der Waals surface area contributed by atoms with Crippen LogP contribution in [0.3, 0.4) is 0 Å². The highest BCUT2D eigenvalue weighted by Crippen LogP contribution is 2.27. The van der Waals surface area contributed by atoms with Gasteiger partial charge in [0.1, 0.15) is 5.69 Å². The van der Waals surface area contributed by atoms with Gasteiger partial charge in [0.05, 0.1) is 22.7 Å². The van der Waals surface area contributed by atoms with Crippen LogP contribution in [0.5, 0.6) is 0 Å². The van der Waals surface area contributed by atoms with Crippen LogP contribution in [0.15, 0.2) is 66.7 Å². The number of nitriles is 1. The van der Waals surface area contributed by atoms with Crippen molar-refractivity contribution in [3.63, 3.8) is 0 Å². The number of hydrogen-bond donors (Lipinski definition) is 3. The Balaban J connectivity index is 1.74. The summed E-state index contributed by atoms with van der Waals surface area (Å²) in [5, 5.41) is 36.7. The van der Waals surface area contributed by atoms with Gasteiger partial charge in [-0.3, -0.25) is 14.9 Å². The van der Waals surface area contributed by atoms with Gasteiger partial charge in [-0.25, -0.2) is 0 Å². The average molecular weight is 437 g/mol. The molecule has 0 unspecified atom stereocenters. The van der Waals surface area contributed by atoms with E-state index in [2.05, 4.69) is 10.6 Å². The van der Waals surface area contributed by atoms with E-state index < -0.39 is 16.9 Å². The number of hydrogen-bond acceptors (Lipinski definition) is 6. The van der Waals surface area contributed by atoms with Gasteiger partial charge >= 0.3 is 0 Å². The number of nitrogens with one attached hydrogen (secondary N) is 2. The van der Waals surface area contributed by atoms with Crippen molar-refractivity contribution in [2.45, 2.75) is 6.10 Å². The number of anilines is 2. The number of benzene rings is 3. The molecule has 0 spiro atoms. The van der Waals surface area contributed by atoms with Gasteiger partial charge in [-0.2, -0.15) is 5.26 Å². The Labute approximate surface area is 182 Å². The molecule has 1 amide bonds. The second-order valence-corrected chi connectivity index (χ2v) is 7.02. The summed E-state index contributed by atoms with van der Waals surface area (Å²) in [5.41, 5.74) is 1.33. The fourth-order valence-electron chi connectivity index (χ4n) is 2.85. The van der Waals surface area contributed by atoms with Crippen molar-refractivity contribution in [3.05, 3.63) is 98.6 Å². The minimum Gasteiger partial charge on any atom is -0.387 e. The molecule has 1 atom stereocenters. The number of halogens is 1. The van der Waals surface area contributed by atoms with Gasteiger partial charge in [0.25, 0.3) is 11.6 Å². The standard InChI is InChI=1S/C22H17ClN4O4/c23-17-7-4-15(5-8-17)21(28)13-25-19-9-6-16(11-20(19)27(30)31)22(29)26-18-3-1-2-14(10-18)12-24/h1-11,21,25,28H,13H2,(H,26,29)/t21-/m0/s1. The first-order valence-electron chi connectivity index (χ1n) is 9.14. The summed E-state index contributed by atoms with van der Waals surface area (Å²) in [7, 11) is 0. The third-order valence-electron chi connectivity index (χ3n) is 4.45. The average Bonchev–Trinajstić information content (AvgIpc) is 2.77. The first-order valence-corrected chi connectivity index (χ1v) is 9.52. The Morgan fingerprint density at radius 1 is 1.16 bits per heavy atom. The Morgan fingerprint density at radius 2 is 1.90 bits per heavy atom. The molecular formula is C22H17ClN4O4. The number of carbonyl (C=O) groups excluding carboxylic acids is 1. The van der Waals surface area contributed by atoms with Crippen LogP contribution in [0.25, 0.3) is 0 Å². The number of amides is 1. The molecule has 0 fully saturated rings. The van der Waals surface area contributed by atoms with Gasteiger partial charge in [-0.15, -0.1) is 0 Å². The molecule has 9 heteroatoms. The van der Waals surface area contributed by atoms with Crippen molar-refractivity contribution in [3.8, 4) is 6.07 Å². The molecule has 0 aliphatic rings. The second kappa shape index (κ2) is 9.71. The van der Waals surface area contributed by atoms with Gasteiger partial charge in [-0.1, -0.05) is 29.8 Å². The highest BCUT2D eigenvalue weighted by molar-refractivity contribution is 6.30. The molecule has 8 nitrogen and oxygen atoms in total. The molecule has 0 bridgehead atoms. The van der Waals surface area contributed by atoms with Gasteiger partial charge in [-0.05, 0) is 48.0 Å². The van der Waals surface area contributed by atoms with E-state index in [0.29, 0.717) is 21.8 Å². The van der Waals surface area contributed by atoms with E-state index in [1.165, 1.54) is 18.2 Å². The van der Waals surface area contributed by atoms with E-state index in [1.807, 2.05) is 6.07 Å². The van der Waals surface area contributed by atoms with E-state index in [0.717, 1.165) is 6.07 Å². The Bertz CT molecular complexity index is 1160. The zero-order valence-electron chi connectivity index (χ0n) is 16.1. The minimum atomic E-state index is -0.910. The highest BCUT2D eigenvalue weighted by Gasteiger charge is 2.19. The van der Waals surface area contributed by atoms with Crippen molar-refractivity contribution in [2.75, 3.05) is 17.2 Å². The van der Waals surface area contributed by atoms with Crippen molar-refractivity contribution < 1.29 is 14.8 Å². The molecular weight excluding hydrogens is 420 g/mol. The predicted octanol–water partition coefficient (Wildman–Crippen LogP) is 4.52. The maximum atomic E-state index is 12.5. The second-order valence-electron chi connectivity index (χ2n) is 6.58. The third kappa shape index (κ3) is 5.57. The van der Waals surface area contributed by atoms with E-state index in [-0.39, 0.29) is 23.5 Å². The normalized spacial score (nSPS) is 11.3. The van der Waals surface area contributed by atoms with Crippen LogP contribution in [0, 0.1) is 21.4 Å². The number of aliphatic hydroxyl groups is 1. The fraction of sp³-hybridized carbons (Fsp3) is 0.0909. The van der Waals surface area contributed by atoms with Crippen LogP contribution >= 0.6 is 11.6 Å². The Morgan fingerprint density at radius 3 is 2.58 bits per heavy atom. The smallest absolute Gasteiger partial charge is 0.293 e. The quantitative estimate of drug-likeness (QED) is 0.369. The maximum Gasteiger partial charge on any atom is 0.293 e.